The normalized spacial score (nSPS) is 15.1. The van der Waals surface area contributed by atoms with E-state index in [1.54, 1.807) is 6.07 Å². The summed E-state index contributed by atoms with van der Waals surface area (Å²) in [7, 11) is 2.15. The van der Waals surface area contributed by atoms with Gasteiger partial charge in [0.15, 0.2) is 11.3 Å². The Morgan fingerprint density at radius 2 is 1.72 bits per heavy atom. The van der Waals surface area contributed by atoms with Crippen molar-refractivity contribution in [1.29, 1.82) is 0 Å². The van der Waals surface area contributed by atoms with Crippen LogP contribution in [0.2, 0.25) is 0 Å². The van der Waals surface area contributed by atoms with Crippen LogP contribution >= 0.6 is 12.4 Å². The fourth-order valence-electron chi connectivity index (χ4n) is 3.35. The van der Waals surface area contributed by atoms with Crippen LogP contribution in [0.25, 0.3) is 11.0 Å². The van der Waals surface area contributed by atoms with Crippen molar-refractivity contribution >= 4 is 23.4 Å². The van der Waals surface area contributed by atoms with Crippen LogP contribution in [0, 0.1) is 0 Å². The lowest BCUT2D eigenvalue weighted by Gasteiger charge is -2.32. The van der Waals surface area contributed by atoms with Crippen LogP contribution in [-0.4, -0.2) is 69.4 Å². The van der Waals surface area contributed by atoms with Gasteiger partial charge in [-0.05, 0) is 39.4 Å². The molecule has 0 N–H and O–H groups in total. The summed E-state index contributed by atoms with van der Waals surface area (Å²) in [6.45, 7) is 10.6. The molecule has 1 fully saturated rings. The third-order valence-electron chi connectivity index (χ3n) is 4.84. The van der Waals surface area contributed by atoms with Crippen LogP contribution in [0.1, 0.15) is 20.3 Å². The first-order valence-electron chi connectivity index (χ1n) is 10.0. The van der Waals surface area contributed by atoms with E-state index in [4.69, 9.17) is 18.6 Å². The smallest absolute Gasteiger partial charge is 0.336 e. The summed E-state index contributed by atoms with van der Waals surface area (Å²) in [5.74, 6) is 1.53. The second-order valence-electron chi connectivity index (χ2n) is 6.92. The number of nitrogens with zero attached hydrogens (tertiary/aromatic N) is 2. The van der Waals surface area contributed by atoms with Crippen molar-refractivity contribution < 1.29 is 18.6 Å². The predicted molar refractivity (Wildman–Crippen MR) is 116 cm³/mol. The first-order chi connectivity index (χ1) is 13.6. The zero-order valence-electron chi connectivity index (χ0n) is 17.4. The van der Waals surface area contributed by atoms with Crippen molar-refractivity contribution in [2.24, 2.45) is 0 Å². The largest absolute Gasteiger partial charge is 0.490 e. The van der Waals surface area contributed by atoms with Crippen molar-refractivity contribution in [2.75, 3.05) is 59.6 Å². The maximum absolute atomic E-state index is 11.8. The Morgan fingerprint density at radius 1 is 1.00 bits per heavy atom. The zero-order valence-corrected chi connectivity index (χ0v) is 18.3. The highest BCUT2D eigenvalue weighted by Gasteiger charge is 2.20. The van der Waals surface area contributed by atoms with E-state index in [9.17, 15) is 4.79 Å². The zero-order chi connectivity index (χ0) is 19.9. The van der Waals surface area contributed by atoms with E-state index >= 15 is 0 Å². The van der Waals surface area contributed by atoms with Gasteiger partial charge in [0.1, 0.15) is 0 Å². The van der Waals surface area contributed by atoms with Gasteiger partial charge < -0.3 is 28.4 Å². The molecule has 1 aliphatic heterocycles. The monoisotopic (exact) mass is 426 g/mol. The molecule has 162 valence electrons. The number of fused-ring (bicyclic) bond motifs is 1. The van der Waals surface area contributed by atoms with Gasteiger partial charge in [0.2, 0.25) is 11.5 Å². The minimum atomic E-state index is -0.415. The summed E-state index contributed by atoms with van der Waals surface area (Å²) < 4.78 is 23.1. The van der Waals surface area contributed by atoms with Crippen molar-refractivity contribution in [3.05, 3.63) is 28.6 Å². The molecule has 1 aliphatic rings. The van der Waals surface area contributed by atoms with Crippen LogP contribution in [-0.2, 0) is 0 Å². The van der Waals surface area contributed by atoms with E-state index in [-0.39, 0.29) is 12.4 Å². The topological polar surface area (TPSA) is 64.4 Å². The molecule has 8 heteroatoms. The Bertz CT molecular complexity index is 834. The molecule has 0 amide bonds. The fourth-order valence-corrected chi connectivity index (χ4v) is 3.35. The lowest BCUT2D eigenvalue weighted by molar-refractivity contribution is 0.145. The molecule has 0 atom stereocenters. The molecule has 1 saturated heterocycles. The number of likely N-dealkylation sites (N-methyl/N-ethyl adjacent to an activating group) is 1. The minimum Gasteiger partial charge on any atom is -0.490 e. The predicted octanol–water partition coefficient (Wildman–Crippen LogP) is 3.03. The highest BCUT2D eigenvalue weighted by molar-refractivity contribution is 5.88. The van der Waals surface area contributed by atoms with Crippen LogP contribution in [0.5, 0.6) is 17.2 Å². The van der Waals surface area contributed by atoms with Gasteiger partial charge in [0.25, 0.3) is 0 Å². The molecular formula is C21H31ClN2O5. The SMILES string of the molecule is CCOc1cc2ccc(=O)oc2c(OCCCN2CCN(C)CC2)c1OCC.Cl. The Kier molecular flexibility index (Phi) is 9.07. The van der Waals surface area contributed by atoms with Gasteiger partial charge in [0.05, 0.1) is 19.8 Å². The second kappa shape index (κ2) is 11.3. The van der Waals surface area contributed by atoms with Gasteiger partial charge in [-0.1, -0.05) is 0 Å². The van der Waals surface area contributed by atoms with E-state index in [1.165, 1.54) is 6.07 Å². The minimum absolute atomic E-state index is 0. The van der Waals surface area contributed by atoms with E-state index < -0.39 is 5.63 Å². The van der Waals surface area contributed by atoms with Crippen LogP contribution in [0.15, 0.2) is 27.4 Å². The molecule has 0 saturated carbocycles. The van der Waals surface area contributed by atoms with Gasteiger partial charge in [-0.3, -0.25) is 0 Å². The molecule has 2 heterocycles. The molecule has 0 aliphatic carbocycles. The number of hydrogen-bond acceptors (Lipinski definition) is 7. The van der Waals surface area contributed by atoms with E-state index in [2.05, 4.69) is 16.8 Å². The lowest BCUT2D eigenvalue weighted by Crippen LogP contribution is -2.44. The molecule has 7 nitrogen and oxygen atoms in total. The van der Waals surface area contributed by atoms with Crippen molar-refractivity contribution in [3.8, 4) is 17.2 Å². The number of halogens is 1. The fraction of sp³-hybridized carbons (Fsp3) is 0.571. The molecule has 0 unspecified atom stereocenters. The summed E-state index contributed by atoms with van der Waals surface area (Å²) in [6, 6.07) is 4.94. The number of ether oxygens (including phenoxy) is 3. The van der Waals surface area contributed by atoms with E-state index in [0.717, 1.165) is 44.5 Å². The molecule has 0 bridgehead atoms. The molecular weight excluding hydrogens is 396 g/mol. The van der Waals surface area contributed by atoms with Crippen molar-refractivity contribution in [2.45, 2.75) is 20.3 Å². The number of rotatable bonds is 9. The Labute approximate surface area is 177 Å². The molecule has 1 aromatic heterocycles. The number of hydrogen-bond donors (Lipinski definition) is 0. The van der Waals surface area contributed by atoms with Crippen LogP contribution in [0.4, 0.5) is 0 Å². The van der Waals surface area contributed by atoms with Gasteiger partial charge in [-0.2, -0.15) is 0 Å². The second-order valence-corrected chi connectivity index (χ2v) is 6.92. The number of benzene rings is 1. The van der Waals surface area contributed by atoms with Gasteiger partial charge in [-0.25, -0.2) is 4.79 Å². The van der Waals surface area contributed by atoms with Crippen molar-refractivity contribution in [3.63, 3.8) is 0 Å². The first kappa shape index (κ1) is 23.3. The van der Waals surface area contributed by atoms with Crippen LogP contribution < -0.4 is 19.8 Å². The van der Waals surface area contributed by atoms with E-state index in [1.807, 2.05) is 19.9 Å². The molecule has 2 aromatic rings. The molecule has 0 spiro atoms. The maximum atomic E-state index is 11.8. The highest BCUT2D eigenvalue weighted by atomic mass is 35.5. The standard InChI is InChI=1S/C21H30N2O5.ClH/c1-4-25-17-15-16-7-8-18(24)28-19(16)21(20(17)26-5-2)27-14-6-9-23-12-10-22(3)11-13-23;/h7-8,15H,4-6,9-14H2,1-3H3;1H. The quantitative estimate of drug-likeness (QED) is 0.451. The van der Waals surface area contributed by atoms with Gasteiger partial charge in [0, 0.05) is 44.2 Å². The van der Waals surface area contributed by atoms with E-state index in [0.29, 0.717) is 42.7 Å². The summed E-state index contributed by atoms with van der Waals surface area (Å²) >= 11 is 0. The average molecular weight is 427 g/mol. The summed E-state index contributed by atoms with van der Waals surface area (Å²) in [4.78, 5) is 16.6. The Balaban J connectivity index is 0.00000300. The molecule has 29 heavy (non-hydrogen) atoms. The third-order valence-corrected chi connectivity index (χ3v) is 4.84. The first-order valence-corrected chi connectivity index (χ1v) is 10.0. The highest BCUT2D eigenvalue weighted by Crippen LogP contribution is 2.43. The molecule has 0 radical (unpaired) electrons. The maximum Gasteiger partial charge on any atom is 0.336 e. The molecule has 1 aromatic carbocycles. The van der Waals surface area contributed by atoms with Crippen LogP contribution in [0.3, 0.4) is 0 Å². The summed E-state index contributed by atoms with van der Waals surface area (Å²) in [6.07, 6.45) is 0.882. The number of piperazine rings is 1. The third kappa shape index (κ3) is 6.01. The molecule has 3 rings (SSSR count). The Morgan fingerprint density at radius 3 is 2.41 bits per heavy atom. The van der Waals surface area contributed by atoms with Crippen molar-refractivity contribution in [1.82, 2.24) is 9.80 Å². The lowest BCUT2D eigenvalue weighted by atomic mass is 10.2. The summed E-state index contributed by atoms with van der Waals surface area (Å²) in [5, 5.41) is 0.751. The Hall–Kier alpha value is -1.96. The van der Waals surface area contributed by atoms with Gasteiger partial charge in [-0.15, -0.1) is 12.4 Å². The average Bonchev–Trinajstić information content (AvgIpc) is 2.69. The summed E-state index contributed by atoms with van der Waals surface area (Å²) in [5.41, 5.74) is -0.0135. The van der Waals surface area contributed by atoms with Gasteiger partial charge >= 0.3 is 5.63 Å².